The van der Waals surface area contributed by atoms with Gasteiger partial charge in [0.2, 0.25) is 0 Å². The lowest BCUT2D eigenvalue weighted by Crippen LogP contribution is -2.65. The van der Waals surface area contributed by atoms with Crippen molar-refractivity contribution < 1.29 is 34.8 Å². The Bertz CT molecular complexity index is 857. The fraction of sp³-hybridized carbons (Fsp3) is 0.727. The molecule has 0 aliphatic heterocycles. The largest absolute Gasteiger partial charge is 0.459 e. The number of ketones is 1. The molecule has 0 radical (unpaired) electrons. The van der Waals surface area contributed by atoms with Gasteiger partial charge in [0.05, 0.1) is 12.2 Å². The number of esters is 1. The molecular formula is C22H30O7. The molecule has 160 valence electrons. The Morgan fingerprint density at radius 2 is 1.86 bits per heavy atom. The average molecular weight is 406 g/mol. The summed E-state index contributed by atoms with van der Waals surface area (Å²) in [6.45, 7) is 7.90. The van der Waals surface area contributed by atoms with E-state index in [2.05, 4.69) is 0 Å². The lowest BCUT2D eigenvalue weighted by Gasteiger charge is -2.52. The average Bonchev–Trinajstić information content (AvgIpc) is 3.02. The molecule has 29 heavy (non-hydrogen) atoms. The van der Waals surface area contributed by atoms with E-state index in [4.69, 9.17) is 4.74 Å². The molecule has 4 rings (SSSR count). The SMILES string of the molecule is CC(=O)O[C@@H]1[C@@H](C)[C@@]2(O)[C@@H](C=C(CO)C[C@]3(O)C(=O)C(C)=C[C@@H]23)[C@@H]2C(C)(C)[C@]12O. The van der Waals surface area contributed by atoms with E-state index in [0.717, 1.165) is 0 Å². The highest BCUT2D eigenvalue weighted by Crippen LogP contribution is 2.75. The molecule has 0 aromatic rings. The van der Waals surface area contributed by atoms with E-state index in [1.165, 1.54) is 6.92 Å². The predicted molar refractivity (Wildman–Crippen MR) is 102 cm³/mol. The third-order valence-corrected chi connectivity index (χ3v) is 8.30. The van der Waals surface area contributed by atoms with Gasteiger partial charge in [-0.05, 0) is 18.1 Å². The Balaban J connectivity index is 1.95. The van der Waals surface area contributed by atoms with Crippen LogP contribution in [0.4, 0.5) is 0 Å². The molecule has 0 aromatic heterocycles. The molecule has 0 spiro atoms. The van der Waals surface area contributed by atoms with Crippen molar-refractivity contribution in [3.05, 3.63) is 23.3 Å². The molecule has 8 atom stereocenters. The molecule has 4 aliphatic carbocycles. The number of rotatable bonds is 2. The molecule has 7 nitrogen and oxygen atoms in total. The van der Waals surface area contributed by atoms with Gasteiger partial charge in [-0.2, -0.15) is 0 Å². The quantitative estimate of drug-likeness (QED) is 0.389. The van der Waals surface area contributed by atoms with Crippen molar-refractivity contribution in [2.24, 2.45) is 29.1 Å². The van der Waals surface area contributed by atoms with Crippen molar-refractivity contribution in [1.29, 1.82) is 0 Å². The maximum absolute atomic E-state index is 12.9. The predicted octanol–water partition coefficient (Wildman–Crippen LogP) is 0.501. The second-order valence-corrected chi connectivity index (χ2v) is 10.00. The van der Waals surface area contributed by atoms with Crippen LogP contribution in [-0.4, -0.2) is 61.7 Å². The summed E-state index contributed by atoms with van der Waals surface area (Å²) in [5.41, 5.74) is -4.74. The van der Waals surface area contributed by atoms with Gasteiger partial charge in [0.1, 0.15) is 17.3 Å². The highest BCUT2D eigenvalue weighted by Gasteiger charge is 2.85. The second kappa shape index (κ2) is 5.78. The number of Topliss-reactive ketones (excluding diaryl/α,β-unsaturated/α-hetero) is 1. The van der Waals surface area contributed by atoms with Gasteiger partial charge in [-0.3, -0.25) is 9.59 Å². The van der Waals surface area contributed by atoms with E-state index < -0.39 is 63.7 Å². The Labute approximate surface area is 170 Å². The lowest BCUT2D eigenvalue weighted by molar-refractivity contribution is -0.220. The minimum Gasteiger partial charge on any atom is -0.459 e. The summed E-state index contributed by atoms with van der Waals surface area (Å²) in [6, 6.07) is 0. The standard InChI is InChI=1S/C22H30O7/c1-10-6-15-20(26,17(10)25)8-13(9-23)7-14-16-19(4,5)22(16,28)18(29-12(3)24)11(2)21(14,15)27/h6-7,11,14-16,18,23,26-28H,8-9H2,1-5H3/t11-,14+,15-,16-,18-,20-,21-,22-/m1/s1. The van der Waals surface area contributed by atoms with Crippen LogP contribution in [0, 0.1) is 29.1 Å². The van der Waals surface area contributed by atoms with Crippen molar-refractivity contribution in [1.82, 2.24) is 0 Å². The lowest BCUT2D eigenvalue weighted by atomic mass is 9.59. The third kappa shape index (κ3) is 2.22. The molecule has 0 amide bonds. The summed E-state index contributed by atoms with van der Waals surface area (Å²) in [5.74, 6) is -3.83. The monoisotopic (exact) mass is 406 g/mol. The topological polar surface area (TPSA) is 124 Å². The fourth-order valence-corrected chi connectivity index (χ4v) is 6.79. The summed E-state index contributed by atoms with van der Waals surface area (Å²) in [5, 5.41) is 45.0. The summed E-state index contributed by atoms with van der Waals surface area (Å²) < 4.78 is 5.53. The minimum absolute atomic E-state index is 0.0871. The zero-order valence-electron chi connectivity index (χ0n) is 17.5. The highest BCUT2D eigenvalue weighted by molar-refractivity contribution is 6.04. The van der Waals surface area contributed by atoms with Gasteiger partial charge in [-0.1, -0.05) is 32.9 Å². The third-order valence-electron chi connectivity index (χ3n) is 8.30. The van der Waals surface area contributed by atoms with E-state index in [-0.39, 0.29) is 13.0 Å². The van der Waals surface area contributed by atoms with Crippen molar-refractivity contribution in [2.75, 3.05) is 6.61 Å². The van der Waals surface area contributed by atoms with E-state index >= 15 is 0 Å². The molecule has 2 saturated carbocycles. The number of aliphatic hydroxyl groups is 4. The maximum atomic E-state index is 12.9. The van der Waals surface area contributed by atoms with Crippen molar-refractivity contribution in [3.63, 3.8) is 0 Å². The highest BCUT2D eigenvalue weighted by atomic mass is 16.6. The molecule has 4 aliphatic rings. The van der Waals surface area contributed by atoms with Gasteiger partial charge < -0.3 is 25.2 Å². The molecule has 0 bridgehead atoms. The molecule has 4 N–H and O–H groups in total. The fourth-order valence-electron chi connectivity index (χ4n) is 6.79. The molecule has 2 fully saturated rings. The van der Waals surface area contributed by atoms with Gasteiger partial charge in [0.15, 0.2) is 5.78 Å². The summed E-state index contributed by atoms with van der Waals surface area (Å²) in [7, 11) is 0. The van der Waals surface area contributed by atoms with E-state index in [1.54, 1.807) is 26.0 Å². The van der Waals surface area contributed by atoms with Gasteiger partial charge in [0, 0.05) is 42.4 Å². The van der Waals surface area contributed by atoms with Crippen LogP contribution < -0.4 is 0 Å². The number of hydrogen-bond donors (Lipinski definition) is 4. The Morgan fingerprint density at radius 1 is 1.24 bits per heavy atom. The summed E-state index contributed by atoms with van der Waals surface area (Å²) >= 11 is 0. The number of ether oxygens (including phenoxy) is 1. The minimum atomic E-state index is -1.88. The van der Waals surface area contributed by atoms with E-state index in [0.29, 0.717) is 11.1 Å². The van der Waals surface area contributed by atoms with Gasteiger partial charge in [-0.15, -0.1) is 0 Å². The number of carbonyl (C=O) groups excluding carboxylic acids is 2. The van der Waals surface area contributed by atoms with Crippen molar-refractivity contribution in [2.45, 2.75) is 63.9 Å². The second-order valence-electron chi connectivity index (χ2n) is 10.00. The van der Waals surface area contributed by atoms with Gasteiger partial charge in [0.25, 0.3) is 0 Å². The van der Waals surface area contributed by atoms with Crippen molar-refractivity contribution in [3.8, 4) is 0 Å². The van der Waals surface area contributed by atoms with Crippen LogP contribution in [0.3, 0.4) is 0 Å². The number of fused-ring (bicyclic) bond motifs is 5. The molecule has 0 heterocycles. The molecule has 0 aromatic carbocycles. The first-order chi connectivity index (χ1) is 13.3. The van der Waals surface area contributed by atoms with Crippen LogP contribution in [0.5, 0.6) is 0 Å². The summed E-state index contributed by atoms with van der Waals surface area (Å²) in [4.78, 5) is 24.7. The van der Waals surface area contributed by atoms with Crippen LogP contribution in [0.15, 0.2) is 23.3 Å². The Morgan fingerprint density at radius 3 is 2.41 bits per heavy atom. The van der Waals surface area contributed by atoms with E-state index in [1.807, 2.05) is 13.8 Å². The van der Waals surface area contributed by atoms with Crippen molar-refractivity contribution >= 4 is 11.8 Å². The molecular weight excluding hydrogens is 376 g/mol. The maximum Gasteiger partial charge on any atom is 0.303 e. The first-order valence-electron chi connectivity index (χ1n) is 10.2. The van der Waals surface area contributed by atoms with Crippen LogP contribution in [0.1, 0.15) is 41.0 Å². The molecule has 0 unspecified atom stereocenters. The summed E-state index contributed by atoms with van der Waals surface area (Å²) in [6.07, 6.45) is 2.25. The normalized spacial score (nSPS) is 49.8. The Kier molecular flexibility index (Phi) is 4.13. The smallest absolute Gasteiger partial charge is 0.303 e. The van der Waals surface area contributed by atoms with Gasteiger partial charge in [-0.25, -0.2) is 0 Å². The number of carbonyl (C=O) groups is 2. The molecule has 7 heteroatoms. The number of aliphatic hydroxyl groups excluding tert-OH is 1. The van der Waals surface area contributed by atoms with E-state index in [9.17, 15) is 30.0 Å². The number of hydrogen-bond acceptors (Lipinski definition) is 7. The van der Waals surface area contributed by atoms with Crippen LogP contribution in [-0.2, 0) is 14.3 Å². The Hall–Kier alpha value is -1.54. The zero-order chi connectivity index (χ0) is 21.7. The first-order valence-corrected chi connectivity index (χ1v) is 10.2. The van der Waals surface area contributed by atoms with Crippen LogP contribution in [0.2, 0.25) is 0 Å². The molecule has 0 saturated heterocycles. The van der Waals surface area contributed by atoms with Crippen LogP contribution >= 0.6 is 0 Å². The first kappa shape index (κ1) is 20.7. The van der Waals surface area contributed by atoms with Gasteiger partial charge >= 0.3 is 5.97 Å². The van der Waals surface area contributed by atoms with Crippen LogP contribution in [0.25, 0.3) is 0 Å². The zero-order valence-corrected chi connectivity index (χ0v) is 17.5.